The zero-order valence-corrected chi connectivity index (χ0v) is 18.2. The smallest absolute Gasteiger partial charge is 0.250 e. The molecule has 2 rings (SSSR count). The fourth-order valence-electron chi connectivity index (χ4n) is 2.17. The molecule has 0 aliphatic carbocycles. The molecule has 26 heavy (non-hydrogen) atoms. The quantitative estimate of drug-likeness (QED) is 0.486. The van der Waals surface area contributed by atoms with Gasteiger partial charge >= 0.3 is 0 Å². The molecule has 0 aliphatic rings. The van der Waals surface area contributed by atoms with Crippen LogP contribution in [0, 0.1) is 6.92 Å². The Labute approximate surface area is 161 Å². The summed E-state index contributed by atoms with van der Waals surface area (Å²) in [5.74, 6) is 0.892. The van der Waals surface area contributed by atoms with Gasteiger partial charge in [-0.3, -0.25) is 4.79 Å². The zero-order valence-electron chi connectivity index (χ0n) is 16.4. The number of hydrogen-bond acceptors (Lipinski definition) is 4. The number of ketones is 1. The van der Waals surface area contributed by atoms with E-state index in [1.165, 1.54) is 7.11 Å². The maximum absolute atomic E-state index is 12.7. The minimum Gasteiger partial charge on any atom is -0.543 e. The molecule has 1 heterocycles. The van der Waals surface area contributed by atoms with Gasteiger partial charge < -0.3 is 9.16 Å². The molecule has 0 atom stereocenters. The number of nitrogens with zero attached hydrogens (tertiary/aromatic N) is 1. The van der Waals surface area contributed by atoms with Crippen molar-refractivity contribution in [3.05, 3.63) is 52.2 Å². The van der Waals surface area contributed by atoms with Gasteiger partial charge in [0.25, 0.3) is 0 Å². The zero-order chi connectivity index (χ0) is 19.7. The Morgan fingerprint density at radius 3 is 2.35 bits per heavy atom. The number of ether oxygens (including phenoxy) is 1. The summed E-state index contributed by atoms with van der Waals surface area (Å²) < 4.78 is 11.5. The summed E-state index contributed by atoms with van der Waals surface area (Å²) in [6, 6.07) is 8.70. The van der Waals surface area contributed by atoms with E-state index in [1.807, 2.05) is 19.1 Å². The normalized spacial score (nSPS) is 12.0. The summed E-state index contributed by atoms with van der Waals surface area (Å²) in [6.45, 7) is 13.0. The first-order valence-corrected chi connectivity index (χ1v) is 11.8. The van der Waals surface area contributed by atoms with Gasteiger partial charge in [0, 0.05) is 5.56 Å². The Kier molecular flexibility index (Phi) is 5.83. The highest BCUT2D eigenvalue weighted by Crippen LogP contribution is 2.38. The average Bonchev–Trinajstić information content (AvgIpc) is 2.55. The lowest BCUT2D eigenvalue weighted by atomic mass is 10.0. The number of aromatic nitrogens is 1. The third-order valence-electron chi connectivity index (χ3n) is 4.85. The van der Waals surface area contributed by atoms with Crippen molar-refractivity contribution in [3.63, 3.8) is 0 Å². The monoisotopic (exact) mass is 391 g/mol. The lowest BCUT2D eigenvalue weighted by Gasteiger charge is -2.37. The maximum atomic E-state index is 12.7. The van der Waals surface area contributed by atoms with Crippen molar-refractivity contribution < 1.29 is 14.0 Å². The van der Waals surface area contributed by atoms with Gasteiger partial charge in [-0.05, 0) is 61.0 Å². The largest absolute Gasteiger partial charge is 0.543 e. The van der Waals surface area contributed by atoms with Crippen LogP contribution < -0.4 is 9.16 Å². The van der Waals surface area contributed by atoms with Crippen molar-refractivity contribution in [2.75, 3.05) is 7.11 Å². The Balaban J connectivity index is 2.31. The molecule has 4 nitrogen and oxygen atoms in total. The summed E-state index contributed by atoms with van der Waals surface area (Å²) in [5, 5.41) is 0.482. The third kappa shape index (κ3) is 4.27. The first-order valence-electron chi connectivity index (χ1n) is 8.51. The highest BCUT2D eigenvalue weighted by atomic mass is 35.5. The Morgan fingerprint density at radius 2 is 1.81 bits per heavy atom. The van der Waals surface area contributed by atoms with Crippen molar-refractivity contribution in [2.45, 2.75) is 45.8 Å². The van der Waals surface area contributed by atoms with E-state index < -0.39 is 8.32 Å². The lowest BCUT2D eigenvalue weighted by Crippen LogP contribution is -2.44. The van der Waals surface area contributed by atoms with Crippen LogP contribution in [0.15, 0.2) is 30.3 Å². The molecule has 0 aliphatic heterocycles. The predicted octanol–water partition coefficient (Wildman–Crippen LogP) is 5.67. The van der Waals surface area contributed by atoms with Crippen molar-refractivity contribution >= 4 is 25.7 Å². The van der Waals surface area contributed by atoms with E-state index in [2.05, 4.69) is 38.8 Å². The highest BCUT2D eigenvalue weighted by molar-refractivity contribution is 6.74. The molecule has 0 radical (unpaired) electrons. The van der Waals surface area contributed by atoms with Gasteiger partial charge in [-0.25, -0.2) is 4.98 Å². The number of carbonyl (C=O) groups is 1. The lowest BCUT2D eigenvalue weighted by molar-refractivity contribution is 0.103. The van der Waals surface area contributed by atoms with Gasteiger partial charge in [0.15, 0.2) is 0 Å². The molecule has 0 spiro atoms. The van der Waals surface area contributed by atoms with Crippen LogP contribution in [0.4, 0.5) is 0 Å². The number of methoxy groups -OCH3 is 1. The molecule has 0 N–H and O–H groups in total. The number of pyridine rings is 1. The summed E-state index contributed by atoms with van der Waals surface area (Å²) in [6.07, 6.45) is 0. The van der Waals surface area contributed by atoms with E-state index in [1.54, 1.807) is 18.2 Å². The molecule has 0 fully saturated rings. The van der Waals surface area contributed by atoms with Crippen LogP contribution >= 0.6 is 11.6 Å². The Morgan fingerprint density at radius 1 is 1.15 bits per heavy atom. The van der Waals surface area contributed by atoms with Crippen LogP contribution in [0.1, 0.15) is 42.4 Å². The summed E-state index contributed by atoms with van der Waals surface area (Å²) in [7, 11) is -0.461. The fraction of sp³-hybridized carbons (Fsp3) is 0.400. The van der Waals surface area contributed by atoms with E-state index in [-0.39, 0.29) is 16.7 Å². The number of aryl methyl sites for hydroxylation is 1. The van der Waals surface area contributed by atoms with Gasteiger partial charge in [-0.1, -0.05) is 32.4 Å². The second kappa shape index (κ2) is 7.41. The average molecular weight is 392 g/mol. The number of carbonyl (C=O) groups excluding carboxylic acids is 1. The van der Waals surface area contributed by atoms with Crippen LogP contribution in [0.5, 0.6) is 11.6 Å². The number of halogens is 1. The third-order valence-corrected chi connectivity index (χ3v) is 9.48. The van der Waals surface area contributed by atoms with Gasteiger partial charge in [-0.15, -0.1) is 0 Å². The topological polar surface area (TPSA) is 48.4 Å². The van der Waals surface area contributed by atoms with Gasteiger partial charge in [-0.2, -0.15) is 0 Å². The van der Waals surface area contributed by atoms with Crippen LogP contribution in [-0.4, -0.2) is 26.2 Å². The second-order valence-corrected chi connectivity index (χ2v) is 13.0. The molecule has 140 valence electrons. The summed E-state index contributed by atoms with van der Waals surface area (Å²) in [4.78, 5) is 16.9. The standard InChI is InChI=1S/C20H26ClNO3Si/c1-13-12-14(8-11-17(13)25-26(6,7)20(2,3)4)18(23)16-10-9-15(21)19(22-16)24-5/h8-12H,1-7H3. The number of hydrogen-bond donors (Lipinski definition) is 0. The molecule has 0 saturated carbocycles. The molecule has 1 aromatic heterocycles. The second-order valence-electron chi connectivity index (χ2n) is 7.86. The molecule has 2 aromatic rings. The minimum absolute atomic E-state index is 0.109. The van der Waals surface area contributed by atoms with Gasteiger partial charge in [0.1, 0.15) is 16.5 Å². The fourth-order valence-corrected chi connectivity index (χ4v) is 3.44. The predicted molar refractivity (Wildman–Crippen MR) is 108 cm³/mol. The molecule has 0 amide bonds. The minimum atomic E-state index is -1.93. The van der Waals surface area contributed by atoms with E-state index in [9.17, 15) is 4.79 Å². The summed E-state index contributed by atoms with van der Waals surface area (Å²) in [5.41, 5.74) is 1.78. The molecule has 6 heteroatoms. The van der Waals surface area contributed by atoms with Gasteiger partial charge in [0.2, 0.25) is 20.0 Å². The highest BCUT2D eigenvalue weighted by Gasteiger charge is 2.39. The van der Waals surface area contributed by atoms with E-state index >= 15 is 0 Å². The van der Waals surface area contributed by atoms with Crippen LogP contribution in [0.3, 0.4) is 0 Å². The van der Waals surface area contributed by atoms with E-state index in [4.69, 9.17) is 20.8 Å². The van der Waals surface area contributed by atoms with Crippen LogP contribution in [-0.2, 0) is 0 Å². The molecule has 1 aromatic carbocycles. The molecule has 0 unspecified atom stereocenters. The molecule has 0 bridgehead atoms. The van der Waals surface area contributed by atoms with Gasteiger partial charge in [0.05, 0.1) is 7.11 Å². The summed E-state index contributed by atoms with van der Waals surface area (Å²) >= 11 is 5.98. The van der Waals surface area contributed by atoms with Crippen molar-refractivity contribution in [3.8, 4) is 11.6 Å². The first kappa shape index (κ1) is 20.5. The first-order chi connectivity index (χ1) is 12.0. The van der Waals surface area contributed by atoms with Crippen LogP contribution in [0.2, 0.25) is 23.2 Å². The molecule has 0 saturated heterocycles. The van der Waals surface area contributed by atoms with Crippen molar-refractivity contribution in [1.29, 1.82) is 0 Å². The Hall–Kier alpha value is -1.85. The van der Waals surface area contributed by atoms with Crippen molar-refractivity contribution in [2.24, 2.45) is 0 Å². The number of benzene rings is 1. The number of rotatable bonds is 5. The van der Waals surface area contributed by atoms with Crippen molar-refractivity contribution in [1.82, 2.24) is 4.98 Å². The SMILES string of the molecule is COc1nc(C(=O)c2ccc(O[Si](C)(C)C(C)(C)C)c(C)c2)ccc1Cl. The van der Waals surface area contributed by atoms with E-state index in [0.717, 1.165) is 11.3 Å². The Bertz CT molecular complexity index is 828. The molecular formula is C20H26ClNO3Si. The molecular weight excluding hydrogens is 366 g/mol. The van der Waals surface area contributed by atoms with Crippen LogP contribution in [0.25, 0.3) is 0 Å². The maximum Gasteiger partial charge on any atom is 0.250 e. The van der Waals surface area contributed by atoms with E-state index in [0.29, 0.717) is 16.3 Å².